The second kappa shape index (κ2) is 16.3. The van der Waals surface area contributed by atoms with E-state index in [1.165, 1.54) is 5.56 Å². The Kier molecular flexibility index (Phi) is 10.7. The SMILES string of the molecule is CC(C)(C)c1ccc(N(c2cccc(-n3[c-]cc(-c4ccccn4)c3-c3ccccn3)n2)c2cccc(-n3[c-]cc(-c4ccccn4)c3-c3ccccn3)n2)cc1.[Pt+2]. The van der Waals surface area contributed by atoms with Gasteiger partial charge in [-0.2, -0.15) is 0 Å². The van der Waals surface area contributed by atoms with Gasteiger partial charge in [0, 0.05) is 53.3 Å². The van der Waals surface area contributed by atoms with Crippen molar-refractivity contribution in [1.82, 2.24) is 39.0 Å². The zero-order valence-electron chi connectivity index (χ0n) is 32.0. The first-order valence-corrected chi connectivity index (χ1v) is 18.7. The fourth-order valence-electron chi connectivity index (χ4n) is 6.89. The molecule has 8 heterocycles. The standard InChI is InChI=1S/C48H37N9.Pt/c1-48(2,3)34-22-24-35(25-23-34)57(44-20-12-18-42(53-44)55-32-26-36(38-14-4-8-28-49-38)46(55)40-16-6-10-30-51-40)45-21-13-19-43(54-45)56-33-27-37(39-15-5-9-29-50-39)47(56)41-17-7-11-31-52-41;/h4-31H,1-3H3;/q-2;+2. The Morgan fingerprint density at radius 1 is 0.466 bits per heavy atom. The minimum Gasteiger partial charge on any atom is -0.427 e. The van der Waals surface area contributed by atoms with Gasteiger partial charge in [-0.3, -0.25) is 34.8 Å². The summed E-state index contributed by atoms with van der Waals surface area (Å²) in [5.74, 6) is 2.67. The third-order valence-electron chi connectivity index (χ3n) is 9.68. The van der Waals surface area contributed by atoms with Gasteiger partial charge in [0.05, 0.1) is 11.6 Å². The van der Waals surface area contributed by atoms with Crippen molar-refractivity contribution in [3.05, 3.63) is 188 Å². The molecule has 0 bridgehead atoms. The summed E-state index contributed by atoms with van der Waals surface area (Å²) in [6.07, 6.45) is 14.1. The molecule has 0 amide bonds. The third-order valence-corrected chi connectivity index (χ3v) is 9.68. The van der Waals surface area contributed by atoms with Crippen molar-refractivity contribution in [2.24, 2.45) is 0 Å². The van der Waals surface area contributed by atoms with Gasteiger partial charge < -0.3 is 9.13 Å². The fraction of sp³-hybridized carbons (Fsp3) is 0.0833. The minimum absolute atomic E-state index is 0. The molecule has 0 aliphatic heterocycles. The van der Waals surface area contributed by atoms with E-state index in [4.69, 9.17) is 19.9 Å². The van der Waals surface area contributed by atoms with Crippen LogP contribution in [0.25, 0.3) is 56.9 Å². The van der Waals surface area contributed by atoms with Crippen LogP contribution in [0.4, 0.5) is 17.3 Å². The summed E-state index contributed by atoms with van der Waals surface area (Å²) in [5, 5.41) is 0. The van der Waals surface area contributed by atoms with Crippen LogP contribution < -0.4 is 4.90 Å². The van der Waals surface area contributed by atoms with Crippen LogP contribution in [0.1, 0.15) is 26.3 Å². The molecule has 0 radical (unpaired) electrons. The van der Waals surface area contributed by atoms with E-state index in [0.717, 1.165) is 51.0 Å². The Hall–Kier alpha value is -6.83. The second-order valence-corrected chi connectivity index (χ2v) is 14.4. The molecule has 0 aliphatic carbocycles. The number of benzene rings is 1. The first-order valence-electron chi connectivity index (χ1n) is 18.7. The molecule has 10 heteroatoms. The van der Waals surface area contributed by atoms with Crippen LogP contribution in [0.2, 0.25) is 0 Å². The number of nitrogens with zero attached hydrogens (tertiary/aromatic N) is 9. The molecule has 0 saturated heterocycles. The second-order valence-electron chi connectivity index (χ2n) is 14.4. The topological polar surface area (TPSA) is 90.4 Å². The van der Waals surface area contributed by atoms with E-state index in [2.05, 4.69) is 72.3 Å². The van der Waals surface area contributed by atoms with Gasteiger partial charge in [-0.25, -0.2) is 0 Å². The van der Waals surface area contributed by atoms with Gasteiger partial charge in [-0.05, 0) is 95.2 Å². The molecule has 0 unspecified atom stereocenters. The zero-order valence-corrected chi connectivity index (χ0v) is 34.3. The molecular weight excluding hydrogens is 898 g/mol. The van der Waals surface area contributed by atoms with Crippen molar-refractivity contribution in [2.75, 3.05) is 4.90 Å². The maximum Gasteiger partial charge on any atom is 2.00 e. The number of aromatic nitrogens is 8. The van der Waals surface area contributed by atoms with Crippen molar-refractivity contribution in [1.29, 1.82) is 0 Å². The summed E-state index contributed by atoms with van der Waals surface area (Å²) in [7, 11) is 0. The van der Waals surface area contributed by atoms with E-state index < -0.39 is 0 Å². The first kappa shape index (κ1) is 38.1. The Morgan fingerprint density at radius 3 is 1.26 bits per heavy atom. The summed E-state index contributed by atoms with van der Waals surface area (Å²) in [4.78, 5) is 31.5. The molecule has 9 nitrogen and oxygen atoms in total. The van der Waals surface area contributed by atoms with Gasteiger partial charge in [-0.15, -0.1) is 12.1 Å². The van der Waals surface area contributed by atoms with Crippen molar-refractivity contribution < 1.29 is 21.1 Å². The largest absolute Gasteiger partial charge is 2.00 e. The predicted octanol–water partition coefficient (Wildman–Crippen LogP) is 10.7. The Balaban J connectivity index is 0.00000469. The third kappa shape index (κ3) is 7.52. The van der Waals surface area contributed by atoms with Crippen LogP contribution in [0, 0.1) is 12.4 Å². The molecule has 0 fully saturated rings. The van der Waals surface area contributed by atoms with Gasteiger partial charge in [0.2, 0.25) is 0 Å². The Labute approximate surface area is 352 Å². The Morgan fingerprint density at radius 2 is 0.879 bits per heavy atom. The quantitative estimate of drug-likeness (QED) is 0.133. The van der Waals surface area contributed by atoms with Crippen LogP contribution in [-0.4, -0.2) is 39.0 Å². The van der Waals surface area contributed by atoms with Crippen molar-refractivity contribution in [3.8, 4) is 56.9 Å². The van der Waals surface area contributed by atoms with E-state index in [0.29, 0.717) is 23.3 Å². The van der Waals surface area contributed by atoms with Gasteiger partial charge in [0.25, 0.3) is 0 Å². The fourth-order valence-corrected chi connectivity index (χ4v) is 6.89. The molecule has 0 spiro atoms. The van der Waals surface area contributed by atoms with E-state index in [9.17, 15) is 0 Å². The molecule has 1 aromatic carbocycles. The number of hydrogen-bond donors (Lipinski definition) is 0. The summed E-state index contributed by atoms with van der Waals surface area (Å²) >= 11 is 0. The van der Waals surface area contributed by atoms with Crippen LogP contribution >= 0.6 is 0 Å². The van der Waals surface area contributed by atoms with Gasteiger partial charge in [-0.1, -0.05) is 105 Å². The van der Waals surface area contributed by atoms with E-state index in [1.807, 2.05) is 130 Å². The van der Waals surface area contributed by atoms with Crippen LogP contribution in [-0.2, 0) is 26.5 Å². The average Bonchev–Trinajstić information content (AvgIpc) is 3.92. The average molecular weight is 935 g/mol. The van der Waals surface area contributed by atoms with Crippen molar-refractivity contribution in [3.63, 3.8) is 0 Å². The maximum atomic E-state index is 5.31. The molecule has 0 atom stereocenters. The van der Waals surface area contributed by atoms with E-state index in [-0.39, 0.29) is 26.5 Å². The molecule has 58 heavy (non-hydrogen) atoms. The number of anilines is 3. The van der Waals surface area contributed by atoms with Crippen LogP contribution in [0.3, 0.4) is 0 Å². The normalized spacial score (nSPS) is 11.2. The monoisotopic (exact) mass is 934 g/mol. The van der Waals surface area contributed by atoms with E-state index >= 15 is 0 Å². The van der Waals surface area contributed by atoms with Gasteiger partial charge >= 0.3 is 21.1 Å². The summed E-state index contributed by atoms with van der Waals surface area (Å²) in [6, 6.07) is 48.0. The van der Waals surface area contributed by atoms with Crippen LogP contribution in [0.5, 0.6) is 0 Å². The smallest absolute Gasteiger partial charge is 0.427 e. The number of hydrogen-bond acceptors (Lipinski definition) is 7. The zero-order chi connectivity index (χ0) is 38.8. The number of rotatable bonds is 9. The summed E-state index contributed by atoms with van der Waals surface area (Å²) < 4.78 is 3.90. The Bertz CT molecular complexity index is 2600. The van der Waals surface area contributed by atoms with Gasteiger partial charge in [0.15, 0.2) is 0 Å². The van der Waals surface area contributed by atoms with Gasteiger partial charge in [0.1, 0.15) is 11.6 Å². The summed E-state index contributed by atoms with van der Waals surface area (Å²) in [5.41, 5.74) is 8.82. The minimum atomic E-state index is -0.0193. The summed E-state index contributed by atoms with van der Waals surface area (Å²) in [6.45, 7) is 6.65. The molecule has 284 valence electrons. The predicted molar refractivity (Wildman–Crippen MR) is 225 cm³/mol. The van der Waals surface area contributed by atoms with Crippen molar-refractivity contribution in [2.45, 2.75) is 26.2 Å². The molecule has 9 aromatic rings. The molecule has 9 rings (SSSR count). The molecule has 8 aromatic heterocycles. The molecule has 0 aliphatic rings. The first-order chi connectivity index (χ1) is 27.9. The maximum absolute atomic E-state index is 5.31. The van der Waals surface area contributed by atoms with Crippen molar-refractivity contribution >= 4 is 17.3 Å². The molecule has 0 N–H and O–H groups in total. The molecular formula is C48H37N9Pt. The van der Waals surface area contributed by atoms with E-state index in [1.54, 1.807) is 24.8 Å². The molecule has 0 saturated carbocycles. The van der Waals surface area contributed by atoms with Crippen LogP contribution in [0.15, 0.2) is 170 Å². The number of pyridine rings is 6.